The predicted molar refractivity (Wildman–Crippen MR) is 74.5 cm³/mol. The number of halogens is 1. The Balaban J connectivity index is 1.89. The summed E-state index contributed by atoms with van der Waals surface area (Å²) in [5, 5.41) is 8.68. The lowest BCUT2D eigenvalue weighted by Crippen LogP contribution is -2.50. The maximum Gasteiger partial charge on any atom is 0.314 e. The molecule has 0 aliphatic carbocycles. The molecule has 0 bridgehead atoms. The number of benzene rings is 1. The maximum absolute atomic E-state index is 11.1. The second-order valence-electron chi connectivity index (χ2n) is 4.57. The largest absolute Gasteiger partial charge is 0.367 e. The maximum atomic E-state index is 11.1. The summed E-state index contributed by atoms with van der Waals surface area (Å²) in [6.07, 6.45) is 1.79. The number of H-pyrrole nitrogens is 1. The van der Waals surface area contributed by atoms with E-state index in [0.29, 0.717) is 18.1 Å². The number of nitrogens with zero attached hydrogens (tertiary/aromatic N) is 3. The third-order valence-corrected chi connectivity index (χ3v) is 3.65. The number of aromatic nitrogens is 2. The van der Waals surface area contributed by atoms with Gasteiger partial charge in [-0.3, -0.25) is 5.10 Å². The zero-order valence-electron chi connectivity index (χ0n) is 10.3. The quantitative estimate of drug-likeness (QED) is 0.829. The normalized spacial score (nSPS) is 16.1. The van der Waals surface area contributed by atoms with Gasteiger partial charge in [0.1, 0.15) is 0 Å². The van der Waals surface area contributed by atoms with Gasteiger partial charge in [-0.25, -0.2) is 4.79 Å². The van der Waals surface area contributed by atoms with Gasteiger partial charge in [0.15, 0.2) is 0 Å². The van der Waals surface area contributed by atoms with Gasteiger partial charge in [-0.05, 0) is 12.1 Å². The van der Waals surface area contributed by atoms with Crippen molar-refractivity contribution >= 4 is 34.2 Å². The molecule has 0 spiro atoms. The number of hydrogen-bond acceptors (Lipinski definition) is 3. The number of primary amides is 1. The minimum atomic E-state index is -0.362. The molecule has 1 fully saturated rings. The molecule has 0 radical (unpaired) electrons. The van der Waals surface area contributed by atoms with Crippen LogP contribution >= 0.6 is 11.6 Å². The number of amides is 2. The Morgan fingerprint density at radius 2 is 2.05 bits per heavy atom. The van der Waals surface area contributed by atoms with E-state index in [-0.39, 0.29) is 6.03 Å². The molecule has 1 saturated heterocycles. The fraction of sp³-hybridized carbons (Fsp3) is 0.333. The van der Waals surface area contributed by atoms with Crippen LogP contribution in [0, 0.1) is 0 Å². The summed E-state index contributed by atoms with van der Waals surface area (Å²) in [6, 6.07) is 3.42. The number of piperazine rings is 1. The van der Waals surface area contributed by atoms with E-state index in [9.17, 15) is 4.79 Å². The van der Waals surface area contributed by atoms with Gasteiger partial charge in [0.25, 0.3) is 0 Å². The van der Waals surface area contributed by atoms with Crippen LogP contribution in [0.15, 0.2) is 18.3 Å². The minimum Gasteiger partial charge on any atom is -0.367 e. The number of carbonyl (C=O) groups excluding carboxylic acids is 1. The first-order valence-electron chi connectivity index (χ1n) is 6.07. The van der Waals surface area contributed by atoms with E-state index in [0.717, 1.165) is 29.7 Å². The number of urea groups is 1. The third kappa shape index (κ3) is 2.19. The van der Waals surface area contributed by atoms with Gasteiger partial charge in [-0.15, -0.1) is 0 Å². The van der Waals surface area contributed by atoms with Gasteiger partial charge in [0.05, 0.1) is 11.7 Å². The number of fused-ring (bicyclic) bond motifs is 1. The summed E-state index contributed by atoms with van der Waals surface area (Å²) in [6.45, 7) is 2.73. The molecule has 1 aromatic heterocycles. The van der Waals surface area contributed by atoms with Gasteiger partial charge >= 0.3 is 6.03 Å². The number of nitrogens with two attached hydrogens (primary N) is 1. The van der Waals surface area contributed by atoms with Crippen molar-refractivity contribution in [3.05, 3.63) is 23.4 Å². The van der Waals surface area contributed by atoms with Gasteiger partial charge in [-0.2, -0.15) is 5.10 Å². The Labute approximate surface area is 115 Å². The van der Waals surface area contributed by atoms with Crippen LogP contribution in [-0.4, -0.2) is 47.3 Å². The molecule has 7 heteroatoms. The van der Waals surface area contributed by atoms with Crippen LogP contribution in [-0.2, 0) is 0 Å². The van der Waals surface area contributed by atoms with E-state index >= 15 is 0 Å². The molecule has 2 aromatic rings. The van der Waals surface area contributed by atoms with Crippen molar-refractivity contribution in [3.63, 3.8) is 0 Å². The number of carbonyl (C=O) groups is 1. The van der Waals surface area contributed by atoms with Gasteiger partial charge in [0.2, 0.25) is 0 Å². The zero-order chi connectivity index (χ0) is 13.4. The Kier molecular flexibility index (Phi) is 2.94. The standard InChI is InChI=1S/C12H14ClN5O/c13-8-5-10-9(7-15-16-10)11(6-8)17-1-3-18(4-2-17)12(14)19/h5-7H,1-4H2,(H2,14,19)(H,15,16). The molecule has 3 N–H and O–H groups in total. The van der Waals surface area contributed by atoms with Crippen LogP contribution in [0.3, 0.4) is 0 Å². The van der Waals surface area contributed by atoms with E-state index in [1.807, 2.05) is 12.1 Å². The van der Waals surface area contributed by atoms with Crippen molar-refractivity contribution in [1.82, 2.24) is 15.1 Å². The SMILES string of the molecule is NC(=O)N1CCN(c2cc(Cl)cc3[nH]ncc23)CC1. The predicted octanol–water partition coefficient (Wildman–Crippen LogP) is 1.42. The number of hydrogen-bond donors (Lipinski definition) is 2. The van der Waals surface area contributed by atoms with E-state index in [1.165, 1.54) is 0 Å². The molecule has 1 aliphatic rings. The molecular weight excluding hydrogens is 266 g/mol. The summed E-state index contributed by atoms with van der Waals surface area (Å²) < 4.78 is 0. The minimum absolute atomic E-state index is 0.362. The molecule has 1 aromatic carbocycles. The molecule has 2 heterocycles. The second kappa shape index (κ2) is 4.62. The summed E-state index contributed by atoms with van der Waals surface area (Å²) in [4.78, 5) is 15.0. The van der Waals surface area contributed by atoms with Crippen molar-refractivity contribution in [3.8, 4) is 0 Å². The molecule has 0 saturated carbocycles. The summed E-state index contributed by atoms with van der Waals surface area (Å²) in [7, 11) is 0. The number of rotatable bonds is 1. The molecule has 0 unspecified atom stereocenters. The second-order valence-corrected chi connectivity index (χ2v) is 5.00. The molecule has 1 aliphatic heterocycles. The first-order valence-corrected chi connectivity index (χ1v) is 6.45. The molecule has 19 heavy (non-hydrogen) atoms. The van der Waals surface area contributed by atoms with Gasteiger partial charge in [0, 0.05) is 42.3 Å². The highest BCUT2D eigenvalue weighted by Crippen LogP contribution is 2.30. The Morgan fingerprint density at radius 1 is 1.32 bits per heavy atom. The third-order valence-electron chi connectivity index (χ3n) is 3.43. The molecular formula is C12H14ClN5O. The van der Waals surface area contributed by atoms with Crippen LogP contribution in [0.5, 0.6) is 0 Å². The van der Waals surface area contributed by atoms with E-state index in [2.05, 4.69) is 15.1 Å². The van der Waals surface area contributed by atoms with Crippen molar-refractivity contribution in [2.24, 2.45) is 5.73 Å². The van der Waals surface area contributed by atoms with Crippen LogP contribution in [0.1, 0.15) is 0 Å². The van der Waals surface area contributed by atoms with Crippen LogP contribution < -0.4 is 10.6 Å². The highest BCUT2D eigenvalue weighted by Gasteiger charge is 2.21. The average molecular weight is 280 g/mol. The molecule has 6 nitrogen and oxygen atoms in total. The van der Waals surface area contributed by atoms with Crippen LogP contribution in [0.25, 0.3) is 10.9 Å². The van der Waals surface area contributed by atoms with E-state index < -0.39 is 0 Å². The highest BCUT2D eigenvalue weighted by atomic mass is 35.5. The van der Waals surface area contributed by atoms with Crippen molar-refractivity contribution in [2.45, 2.75) is 0 Å². The first-order chi connectivity index (χ1) is 9.15. The number of aromatic amines is 1. The fourth-order valence-corrected chi connectivity index (χ4v) is 2.64. The lowest BCUT2D eigenvalue weighted by atomic mass is 10.2. The van der Waals surface area contributed by atoms with Crippen molar-refractivity contribution < 1.29 is 4.79 Å². The van der Waals surface area contributed by atoms with Crippen LogP contribution in [0.2, 0.25) is 5.02 Å². The van der Waals surface area contributed by atoms with Gasteiger partial charge in [-0.1, -0.05) is 11.6 Å². The fourth-order valence-electron chi connectivity index (χ4n) is 2.43. The zero-order valence-corrected chi connectivity index (χ0v) is 11.0. The smallest absolute Gasteiger partial charge is 0.314 e. The number of nitrogens with one attached hydrogen (secondary N) is 1. The van der Waals surface area contributed by atoms with Crippen molar-refractivity contribution in [1.29, 1.82) is 0 Å². The molecule has 3 rings (SSSR count). The monoisotopic (exact) mass is 279 g/mol. The van der Waals surface area contributed by atoms with Gasteiger partial charge < -0.3 is 15.5 Å². The Morgan fingerprint density at radius 3 is 2.74 bits per heavy atom. The van der Waals surface area contributed by atoms with Crippen molar-refractivity contribution in [2.75, 3.05) is 31.1 Å². The number of anilines is 1. The van der Waals surface area contributed by atoms with E-state index in [4.69, 9.17) is 17.3 Å². The average Bonchev–Trinajstić information content (AvgIpc) is 2.85. The highest BCUT2D eigenvalue weighted by molar-refractivity contribution is 6.31. The summed E-state index contributed by atoms with van der Waals surface area (Å²) in [5.74, 6) is 0. The Hall–Kier alpha value is -1.95. The van der Waals surface area contributed by atoms with Crippen LogP contribution in [0.4, 0.5) is 10.5 Å². The molecule has 2 amide bonds. The van der Waals surface area contributed by atoms with E-state index in [1.54, 1.807) is 11.1 Å². The summed E-state index contributed by atoms with van der Waals surface area (Å²) >= 11 is 6.12. The summed E-state index contributed by atoms with van der Waals surface area (Å²) in [5.41, 5.74) is 7.24. The lowest BCUT2D eigenvalue weighted by molar-refractivity contribution is 0.204. The molecule has 100 valence electrons. The first kappa shape index (κ1) is 12.1. The lowest BCUT2D eigenvalue weighted by Gasteiger charge is -2.35. The topological polar surface area (TPSA) is 78.3 Å². The molecule has 0 atom stereocenters. The Bertz CT molecular complexity index is 618.